The van der Waals surface area contributed by atoms with Crippen LogP contribution >= 0.6 is 0 Å². The van der Waals surface area contributed by atoms with Crippen LogP contribution in [0.5, 0.6) is 0 Å². The zero-order chi connectivity index (χ0) is 28.5. The number of carbonyl (C=O) groups is 2. The first-order valence-corrected chi connectivity index (χ1v) is 14.5. The normalized spacial score (nSPS) is 14.2. The SMILES string of the molecule is Cc1ccc(S(=O)(=O)O)cc1.O=C(CN1CCC(CNC(=O)c2n[nH]c3ccccc23)CC1)Nc1ccccc1. The van der Waals surface area contributed by atoms with Crippen LogP contribution in [0.2, 0.25) is 0 Å². The number of aryl methyl sites for hydroxylation is 1. The van der Waals surface area contributed by atoms with Gasteiger partial charge in [-0.1, -0.05) is 54.1 Å². The second-order valence-corrected chi connectivity index (χ2v) is 11.2. The highest BCUT2D eigenvalue weighted by Gasteiger charge is 2.22. The van der Waals surface area contributed by atoms with Gasteiger partial charge in [0, 0.05) is 17.6 Å². The summed E-state index contributed by atoms with van der Waals surface area (Å²) in [6, 6.07) is 23.1. The summed E-state index contributed by atoms with van der Waals surface area (Å²) in [5.74, 6) is 0.276. The molecule has 40 heavy (non-hydrogen) atoms. The molecule has 1 aliphatic heterocycles. The lowest BCUT2D eigenvalue weighted by molar-refractivity contribution is -0.117. The Morgan fingerprint density at radius 1 is 0.975 bits per heavy atom. The van der Waals surface area contributed by atoms with Crippen LogP contribution in [-0.2, 0) is 14.9 Å². The number of likely N-dealkylation sites (tertiary alicyclic amines) is 1. The number of fused-ring (bicyclic) bond motifs is 1. The summed E-state index contributed by atoms with van der Waals surface area (Å²) in [5.41, 5.74) is 3.08. The Hall–Kier alpha value is -4.06. The minimum atomic E-state index is -4.02. The van der Waals surface area contributed by atoms with E-state index in [0.717, 1.165) is 48.1 Å². The lowest BCUT2D eigenvalue weighted by Crippen LogP contribution is -2.41. The third-order valence-electron chi connectivity index (χ3n) is 6.69. The molecule has 2 heterocycles. The van der Waals surface area contributed by atoms with Gasteiger partial charge in [-0.3, -0.25) is 24.1 Å². The average Bonchev–Trinajstić information content (AvgIpc) is 3.38. The quantitative estimate of drug-likeness (QED) is 0.250. The summed E-state index contributed by atoms with van der Waals surface area (Å²) in [4.78, 5) is 26.8. The number of benzene rings is 3. The van der Waals surface area contributed by atoms with Gasteiger partial charge in [0.25, 0.3) is 16.0 Å². The molecule has 0 aliphatic carbocycles. The molecule has 4 N–H and O–H groups in total. The van der Waals surface area contributed by atoms with Crippen molar-refractivity contribution in [2.24, 2.45) is 5.92 Å². The smallest absolute Gasteiger partial charge is 0.294 e. The van der Waals surface area contributed by atoms with E-state index in [1.54, 1.807) is 12.1 Å². The lowest BCUT2D eigenvalue weighted by atomic mass is 9.96. The molecule has 0 saturated carbocycles. The predicted molar refractivity (Wildman–Crippen MR) is 154 cm³/mol. The van der Waals surface area contributed by atoms with E-state index in [4.69, 9.17) is 4.55 Å². The van der Waals surface area contributed by atoms with Crippen LogP contribution in [0.4, 0.5) is 5.69 Å². The molecule has 2 amide bonds. The number of aromatic nitrogens is 2. The topological polar surface area (TPSA) is 144 Å². The number of rotatable bonds is 7. The summed E-state index contributed by atoms with van der Waals surface area (Å²) < 4.78 is 29.6. The fourth-order valence-electron chi connectivity index (χ4n) is 4.44. The van der Waals surface area contributed by atoms with Crippen molar-refractivity contribution < 1.29 is 22.6 Å². The van der Waals surface area contributed by atoms with E-state index in [-0.39, 0.29) is 16.7 Å². The van der Waals surface area contributed by atoms with Gasteiger partial charge < -0.3 is 10.6 Å². The lowest BCUT2D eigenvalue weighted by Gasteiger charge is -2.31. The van der Waals surface area contributed by atoms with E-state index in [1.807, 2.05) is 61.5 Å². The first-order valence-electron chi connectivity index (χ1n) is 13.0. The van der Waals surface area contributed by atoms with E-state index < -0.39 is 10.1 Å². The number of carbonyl (C=O) groups excluding carboxylic acids is 2. The molecule has 1 fully saturated rings. The van der Waals surface area contributed by atoms with Crippen LogP contribution in [0, 0.1) is 12.8 Å². The van der Waals surface area contributed by atoms with Crippen LogP contribution in [0.3, 0.4) is 0 Å². The van der Waals surface area contributed by atoms with Crippen LogP contribution < -0.4 is 10.6 Å². The molecule has 0 atom stereocenters. The zero-order valence-electron chi connectivity index (χ0n) is 22.2. The van der Waals surface area contributed by atoms with Crippen LogP contribution in [0.1, 0.15) is 28.9 Å². The molecule has 4 aromatic rings. The molecular formula is C29H33N5O5S. The molecule has 11 heteroatoms. The Bertz CT molecular complexity index is 1530. The average molecular weight is 564 g/mol. The maximum Gasteiger partial charge on any atom is 0.294 e. The Morgan fingerprint density at radius 3 is 2.30 bits per heavy atom. The number of amides is 2. The van der Waals surface area contributed by atoms with Gasteiger partial charge in [-0.15, -0.1) is 0 Å². The van der Waals surface area contributed by atoms with Gasteiger partial charge in [0.2, 0.25) is 5.91 Å². The standard InChI is InChI=1S/C22H25N5O2.C7H8O3S/c28-20(24-17-6-2-1-3-7-17)15-27-12-10-16(11-13-27)14-23-22(29)21-18-8-4-5-9-19(18)25-26-21;1-6-2-4-7(5-3-6)11(8,9)10/h1-9,16H,10-15H2,(H,23,29)(H,24,28)(H,25,26);2-5H,1H3,(H,8,9,10). The van der Waals surface area contributed by atoms with Crippen molar-refractivity contribution in [2.75, 3.05) is 31.5 Å². The fraction of sp³-hybridized carbons (Fsp3) is 0.276. The third-order valence-corrected chi connectivity index (χ3v) is 7.56. The number of H-pyrrole nitrogens is 1. The van der Waals surface area contributed by atoms with Crippen LogP contribution in [0.15, 0.2) is 83.8 Å². The van der Waals surface area contributed by atoms with E-state index in [2.05, 4.69) is 25.7 Å². The number of hydrogen-bond donors (Lipinski definition) is 4. The van der Waals surface area contributed by atoms with E-state index in [0.29, 0.717) is 24.7 Å². The number of nitrogens with zero attached hydrogens (tertiary/aromatic N) is 2. The summed E-state index contributed by atoms with van der Waals surface area (Å²) in [6.45, 7) is 4.58. The summed E-state index contributed by atoms with van der Waals surface area (Å²) in [7, 11) is -4.02. The van der Waals surface area contributed by atoms with Crippen molar-refractivity contribution in [1.29, 1.82) is 0 Å². The molecule has 1 saturated heterocycles. The summed E-state index contributed by atoms with van der Waals surface area (Å²) >= 11 is 0. The maximum atomic E-state index is 12.5. The molecule has 0 radical (unpaired) electrons. The van der Waals surface area contributed by atoms with Crippen molar-refractivity contribution >= 4 is 38.5 Å². The molecule has 210 valence electrons. The summed E-state index contributed by atoms with van der Waals surface area (Å²) in [5, 5.41) is 13.8. The highest BCUT2D eigenvalue weighted by Crippen LogP contribution is 2.18. The van der Waals surface area contributed by atoms with E-state index in [9.17, 15) is 18.0 Å². The van der Waals surface area contributed by atoms with Gasteiger partial charge in [0.05, 0.1) is 17.0 Å². The van der Waals surface area contributed by atoms with Gasteiger partial charge in [-0.2, -0.15) is 13.5 Å². The first-order chi connectivity index (χ1) is 19.2. The zero-order valence-corrected chi connectivity index (χ0v) is 23.0. The van der Waals surface area contributed by atoms with Crippen molar-refractivity contribution in [3.8, 4) is 0 Å². The first kappa shape index (κ1) is 28.9. The molecule has 3 aromatic carbocycles. The number of hydrogen-bond acceptors (Lipinski definition) is 6. The number of nitrogens with one attached hydrogen (secondary N) is 3. The van der Waals surface area contributed by atoms with Crippen molar-refractivity contribution in [3.05, 3.63) is 90.1 Å². The number of aromatic amines is 1. The molecule has 5 rings (SSSR count). The van der Waals surface area contributed by atoms with E-state index >= 15 is 0 Å². The highest BCUT2D eigenvalue weighted by molar-refractivity contribution is 7.85. The highest BCUT2D eigenvalue weighted by atomic mass is 32.2. The van der Waals surface area contributed by atoms with E-state index in [1.165, 1.54) is 12.1 Å². The molecule has 0 spiro atoms. The fourth-order valence-corrected chi connectivity index (χ4v) is 4.92. The molecule has 1 aliphatic rings. The Balaban J connectivity index is 0.000000283. The van der Waals surface area contributed by atoms with Gasteiger partial charge >= 0.3 is 0 Å². The Morgan fingerprint density at radius 2 is 1.62 bits per heavy atom. The van der Waals surface area contributed by atoms with Crippen LogP contribution in [-0.4, -0.2) is 66.1 Å². The van der Waals surface area contributed by atoms with Crippen molar-refractivity contribution in [2.45, 2.75) is 24.7 Å². The minimum absolute atomic E-state index is 0.00774. The molecular weight excluding hydrogens is 530 g/mol. The Labute approximate surface area is 233 Å². The molecule has 0 bridgehead atoms. The van der Waals surface area contributed by atoms with Crippen molar-refractivity contribution in [3.63, 3.8) is 0 Å². The Kier molecular flexibility index (Phi) is 9.65. The van der Waals surface area contributed by atoms with Crippen molar-refractivity contribution in [1.82, 2.24) is 20.4 Å². The van der Waals surface area contributed by atoms with Crippen LogP contribution in [0.25, 0.3) is 10.9 Å². The molecule has 0 unspecified atom stereocenters. The minimum Gasteiger partial charge on any atom is -0.350 e. The van der Waals surface area contributed by atoms with Gasteiger partial charge in [0.15, 0.2) is 5.69 Å². The maximum absolute atomic E-state index is 12.5. The monoisotopic (exact) mass is 563 g/mol. The molecule has 10 nitrogen and oxygen atoms in total. The largest absolute Gasteiger partial charge is 0.350 e. The summed E-state index contributed by atoms with van der Waals surface area (Å²) in [6.07, 6.45) is 1.92. The number of piperidine rings is 1. The second kappa shape index (κ2) is 13.3. The third kappa shape index (κ3) is 8.22. The van der Waals surface area contributed by atoms with Gasteiger partial charge in [-0.25, -0.2) is 0 Å². The predicted octanol–water partition coefficient (Wildman–Crippen LogP) is 3.89. The van der Waals surface area contributed by atoms with Gasteiger partial charge in [-0.05, 0) is 69.1 Å². The second-order valence-electron chi connectivity index (χ2n) is 9.75. The number of para-hydroxylation sites is 2. The number of anilines is 1. The molecule has 1 aromatic heterocycles. The van der Waals surface area contributed by atoms with Gasteiger partial charge in [0.1, 0.15) is 0 Å².